The lowest BCUT2D eigenvalue weighted by Crippen LogP contribution is -2.58. The third-order valence-electron chi connectivity index (χ3n) is 4.29. The Kier molecular flexibility index (Phi) is 5.62. The maximum atomic E-state index is 3.76. The molecule has 1 saturated heterocycles. The molecular weight excluding hydrogens is 244 g/mol. The Balaban J connectivity index is 2.03. The molecule has 0 saturated carbocycles. The molecule has 1 aliphatic heterocycles. The van der Waals surface area contributed by atoms with E-state index in [-0.39, 0.29) is 0 Å². The third-order valence-corrected chi connectivity index (χ3v) is 4.29. The topological polar surface area (TPSA) is 15.3 Å². The molecule has 20 heavy (non-hydrogen) atoms. The summed E-state index contributed by atoms with van der Waals surface area (Å²) in [6.45, 7) is 12.7. The number of nitrogens with zero attached hydrogens (tertiary/aromatic N) is 1. The molecule has 2 rings (SSSR count). The molecule has 0 radical (unpaired) electrons. The minimum atomic E-state index is 0.647. The van der Waals surface area contributed by atoms with Crippen molar-refractivity contribution >= 4 is 0 Å². The number of nitrogens with one attached hydrogen (secondary N) is 1. The van der Waals surface area contributed by atoms with Gasteiger partial charge in [0.1, 0.15) is 0 Å². The first kappa shape index (κ1) is 15.5. The lowest BCUT2D eigenvalue weighted by Gasteiger charge is -2.43. The molecule has 1 aromatic carbocycles. The van der Waals surface area contributed by atoms with Crippen LogP contribution in [-0.4, -0.2) is 30.1 Å². The number of rotatable bonds is 5. The molecule has 1 fully saturated rings. The molecular formula is C18H30N2. The minimum absolute atomic E-state index is 0.647. The molecule has 0 aromatic heterocycles. The lowest BCUT2D eigenvalue weighted by atomic mass is 9.94. The maximum Gasteiger partial charge on any atom is 0.0247 e. The van der Waals surface area contributed by atoms with Crippen LogP contribution in [-0.2, 0) is 6.54 Å². The highest BCUT2D eigenvalue weighted by Gasteiger charge is 2.29. The van der Waals surface area contributed by atoms with Crippen molar-refractivity contribution in [3.05, 3.63) is 35.9 Å². The number of hydrogen-bond acceptors (Lipinski definition) is 2. The predicted molar refractivity (Wildman–Crippen MR) is 86.7 cm³/mol. The van der Waals surface area contributed by atoms with Gasteiger partial charge in [-0.3, -0.25) is 4.90 Å². The van der Waals surface area contributed by atoms with E-state index in [0.29, 0.717) is 18.0 Å². The van der Waals surface area contributed by atoms with E-state index < -0.39 is 0 Å². The van der Waals surface area contributed by atoms with E-state index in [2.05, 4.69) is 68.2 Å². The fourth-order valence-electron chi connectivity index (χ4n) is 3.28. The van der Waals surface area contributed by atoms with Gasteiger partial charge in [-0.1, -0.05) is 58.0 Å². The number of benzene rings is 1. The van der Waals surface area contributed by atoms with Crippen LogP contribution in [0.4, 0.5) is 0 Å². The van der Waals surface area contributed by atoms with E-state index in [1.807, 2.05) is 0 Å². The third kappa shape index (κ3) is 4.32. The summed E-state index contributed by atoms with van der Waals surface area (Å²) in [6.07, 6.45) is 1.27. The fourth-order valence-corrected chi connectivity index (χ4v) is 3.28. The molecule has 2 nitrogen and oxygen atoms in total. The van der Waals surface area contributed by atoms with Crippen molar-refractivity contribution in [2.75, 3.05) is 13.1 Å². The SMILES string of the molecule is CC(C)CC1CN(Cc2ccccc2)C(C(C)C)CN1. The zero-order valence-electron chi connectivity index (χ0n) is 13.5. The Morgan fingerprint density at radius 1 is 1.15 bits per heavy atom. The van der Waals surface area contributed by atoms with Crippen LogP contribution in [0.3, 0.4) is 0 Å². The Hall–Kier alpha value is -0.860. The Morgan fingerprint density at radius 2 is 1.85 bits per heavy atom. The Morgan fingerprint density at radius 3 is 2.45 bits per heavy atom. The molecule has 2 atom stereocenters. The largest absolute Gasteiger partial charge is 0.311 e. The number of hydrogen-bond donors (Lipinski definition) is 1. The van der Waals surface area contributed by atoms with Crippen molar-refractivity contribution < 1.29 is 0 Å². The molecule has 0 bridgehead atoms. The van der Waals surface area contributed by atoms with Gasteiger partial charge in [-0.25, -0.2) is 0 Å². The molecule has 2 unspecified atom stereocenters. The van der Waals surface area contributed by atoms with E-state index in [4.69, 9.17) is 0 Å². The summed E-state index contributed by atoms with van der Waals surface area (Å²) in [5.74, 6) is 1.47. The summed E-state index contributed by atoms with van der Waals surface area (Å²) >= 11 is 0. The first-order chi connectivity index (χ1) is 9.56. The second kappa shape index (κ2) is 7.24. The van der Waals surface area contributed by atoms with Crippen LogP contribution in [0.1, 0.15) is 39.7 Å². The standard InChI is InChI=1S/C18H30N2/c1-14(2)10-17-13-20(18(11-19-17)15(3)4)12-16-8-6-5-7-9-16/h5-9,14-15,17-19H,10-13H2,1-4H3. The first-order valence-electron chi connectivity index (χ1n) is 8.07. The summed E-state index contributed by atoms with van der Waals surface area (Å²) in [4.78, 5) is 2.68. The molecule has 1 heterocycles. The van der Waals surface area contributed by atoms with Gasteiger partial charge in [-0.05, 0) is 23.8 Å². The molecule has 2 heteroatoms. The molecule has 0 spiro atoms. The first-order valence-corrected chi connectivity index (χ1v) is 8.07. The predicted octanol–water partition coefficient (Wildman–Crippen LogP) is 3.53. The number of piperazine rings is 1. The Labute approximate surface area is 124 Å². The highest BCUT2D eigenvalue weighted by molar-refractivity contribution is 5.15. The van der Waals surface area contributed by atoms with Crippen LogP contribution < -0.4 is 5.32 Å². The van der Waals surface area contributed by atoms with Crippen LogP contribution in [0.2, 0.25) is 0 Å². The molecule has 1 aromatic rings. The van der Waals surface area contributed by atoms with Crippen LogP contribution in [0.15, 0.2) is 30.3 Å². The average molecular weight is 274 g/mol. The van der Waals surface area contributed by atoms with E-state index in [0.717, 1.165) is 19.0 Å². The van der Waals surface area contributed by atoms with Crippen LogP contribution in [0, 0.1) is 11.8 Å². The summed E-state index contributed by atoms with van der Waals surface area (Å²) < 4.78 is 0. The minimum Gasteiger partial charge on any atom is -0.311 e. The summed E-state index contributed by atoms with van der Waals surface area (Å²) in [5.41, 5.74) is 1.43. The molecule has 1 aliphatic rings. The van der Waals surface area contributed by atoms with Crippen molar-refractivity contribution in [2.24, 2.45) is 11.8 Å². The second-order valence-corrected chi connectivity index (χ2v) is 6.96. The van der Waals surface area contributed by atoms with Crippen LogP contribution in [0.25, 0.3) is 0 Å². The fraction of sp³-hybridized carbons (Fsp3) is 0.667. The van der Waals surface area contributed by atoms with Gasteiger partial charge in [-0.2, -0.15) is 0 Å². The van der Waals surface area contributed by atoms with E-state index >= 15 is 0 Å². The zero-order chi connectivity index (χ0) is 14.5. The van der Waals surface area contributed by atoms with E-state index in [1.165, 1.54) is 18.5 Å². The lowest BCUT2D eigenvalue weighted by molar-refractivity contribution is 0.0852. The summed E-state index contributed by atoms with van der Waals surface area (Å²) in [6, 6.07) is 12.2. The second-order valence-electron chi connectivity index (χ2n) is 6.96. The smallest absolute Gasteiger partial charge is 0.0247 e. The molecule has 0 aliphatic carbocycles. The van der Waals surface area contributed by atoms with Gasteiger partial charge >= 0.3 is 0 Å². The average Bonchev–Trinajstić information content (AvgIpc) is 2.39. The molecule has 112 valence electrons. The van der Waals surface area contributed by atoms with E-state index in [9.17, 15) is 0 Å². The normalized spacial score (nSPS) is 24.5. The quantitative estimate of drug-likeness (QED) is 0.883. The van der Waals surface area contributed by atoms with E-state index in [1.54, 1.807) is 0 Å². The monoisotopic (exact) mass is 274 g/mol. The van der Waals surface area contributed by atoms with Crippen LogP contribution >= 0.6 is 0 Å². The van der Waals surface area contributed by atoms with Crippen molar-refractivity contribution in [3.63, 3.8) is 0 Å². The maximum absolute atomic E-state index is 3.76. The van der Waals surface area contributed by atoms with Crippen molar-refractivity contribution in [1.29, 1.82) is 0 Å². The summed E-state index contributed by atoms with van der Waals surface area (Å²) in [5, 5.41) is 3.76. The highest BCUT2D eigenvalue weighted by Crippen LogP contribution is 2.20. The van der Waals surface area contributed by atoms with Gasteiger partial charge in [0.15, 0.2) is 0 Å². The molecule has 0 amide bonds. The van der Waals surface area contributed by atoms with Gasteiger partial charge in [0.05, 0.1) is 0 Å². The van der Waals surface area contributed by atoms with Crippen molar-refractivity contribution in [2.45, 2.75) is 52.7 Å². The zero-order valence-corrected chi connectivity index (χ0v) is 13.5. The van der Waals surface area contributed by atoms with Gasteiger partial charge < -0.3 is 5.32 Å². The molecule has 1 N–H and O–H groups in total. The van der Waals surface area contributed by atoms with Gasteiger partial charge in [0.2, 0.25) is 0 Å². The van der Waals surface area contributed by atoms with Crippen molar-refractivity contribution in [3.8, 4) is 0 Å². The van der Waals surface area contributed by atoms with Crippen molar-refractivity contribution in [1.82, 2.24) is 10.2 Å². The highest BCUT2D eigenvalue weighted by atomic mass is 15.2. The van der Waals surface area contributed by atoms with Gasteiger partial charge in [0, 0.05) is 31.7 Å². The van der Waals surface area contributed by atoms with Gasteiger partial charge in [0.25, 0.3) is 0 Å². The van der Waals surface area contributed by atoms with Gasteiger partial charge in [-0.15, -0.1) is 0 Å². The summed E-state index contributed by atoms with van der Waals surface area (Å²) in [7, 11) is 0. The Bertz CT molecular complexity index is 386. The van der Waals surface area contributed by atoms with Crippen LogP contribution in [0.5, 0.6) is 0 Å².